The summed E-state index contributed by atoms with van der Waals surface area (Å²) in [4.78, 5) is 26.6. The van der Waals surface area contributed by atoms with Crippen molar-refractivity contribution >= 4 is 11.9 Å². The van der Waals surface area contributed by atoms with Gasteiger partial charge in [-0.05, 0) is 81.5 Å². The molecule has 3 atom stereocenters. The summed E-state index contributed by atoms with van der Waals surface area (Å²) in [6.07, 6.45) is 8.81. The molecule has 37 heavy (non-hydrogen) atoms. The van der Waals surface area contributed by atoms with Crippen LogP contribution in [0.4, 0.5) is 4.79 Å². The number of nitrogens with one attached hydrogen (secondary N) is 1. The summed E-state index contributed by atoms with van der Waals surface area (Å²) < 4.78 is 0. The van der Waals surface area contributed by atoms with Gasteiger partial charge in [0.05, 0.1) is 5.60 Å². The number of aryl methyl sites for hydroxylation is 1. The SMILES string of the molecule is C=C/C=C(\C=C)CCCN1CCC(CC(=O)NC(N)=O)(c2cc(O)ccc2C)C(O)(CCC)C1C.CC. The number of primary amides is 1. The molecule has 1 aliphatic rings. The highest BCUT2D eigenvalue weighted by atomic mass is 16.3. The van der Waals surface area contributed by atoms with E-state index in [4.69, 9.17) is 5.73 Å². The first-order chi connectivity index (χ1) is 17.5. The lowest BCUT2D eigenvalue weighted by Crippen LogP contribution is -2.68. The first-order valence-corrected chi connectivity index (χ1v) is 13.3. The van der Waals surface area contributed by atoms with Crippen LogP contribution in [0.5, 0.6) is 5.75 Å². The zero-order valence-corrected chi connectivity index (χ0v) is 23.3. The van der Waals surface area contributed by atoms with E-state index in [1.807, 2.05) is 46.8 Å². The summed E-state index contributed by atoms with van der Waals surface area (Å²) in [5.41, 5.74) is 5.64. The van der Waals surface area contributed by atoms with Crippen LogP contribution in [0.2, 0.25) is 0 Å². The van der Waals surface area contributed by atoms with Crippen molar-refractivity contribution in [3.63, 3.8) is 0 Å². The van der Waals surface area contributed by atoms with Gasteiger partial charge in [-0.1, -0.05) is 64.6 Å². The highest BCUT2D eigenvalue weighted by Crippen LogP contribution is 2.51. The summed E-state index contributed by atoms with van der Waals surface area (Å²) >= 11 is 0. The van der Waals surface area contributed by atoms with E-state index in [1.165, 1.54) is 0 Å². The Morgan fingerprint density at radius 3 is 2.54 bits per heavy atom. The minimum atomic E-state index is -1.29. The highest BCUT2D eigenvalue weighted by molar-refractivity contribution is 5.94. The van der Waals surface area contributed by atoms with Gasteiger partial charge in [0.2, 0.25) is 5.91 Å². The molecule has 0 bridgehead atoms. The molecule has 7 nitrogen and oxygen atoms in total. The lowest BCUT2D eigenvalue weighted by Gasteiger charge is -2.58. The number of aromatic hydroxyl groups is 1. The molecule has 206 valence electrons. The van der Waals surface area contributed by atoms with E-state index in [2.05, 4.69) is 23.4 Å². The average molecular weight is 514 g/mol. The van der Waals surface area contributed by atoms with Gasteiger partial charge in [-0.2, -0.15) is 0 Å². The number of phenols is 1. The number of urea groups is 1. The Morgan fingerprint density at radius 1 is 1.30 bits per heavy atom. The Labute approximate surface area is 223 Å². The molecule has 5 N–H and O–H groups in total. The van der Waals surface area contributed by atoms with E-state index in [1.54, 1.807) is 24.3 Å². The Hall–Kier alpha value is -2.90. The highest BCUT2D eigenvalue weighted by Gasteiger charge is 2.59. The van der Waals surface area contributed by atoms with E-state index in [0.717, 1.165) is 36.1 Å². The number of hydrogen-bond acceptors (Lipinski definition) is 5. The van der Waals surface area contributed by atoms with Crippen LogP contribution < -0.4 is 11.1 Å². The van der Waals surface area contributed by atoms with Gasteiger partial charge < -0.3 is 15.9 Å². The molecule has 0 saturated carbocycles. The van der Waals surface area contributed by atoms with Gasteiger partial charge in [-0.15, -0.1) is 0 Å². The molecule has 0 spiro atoms. The summed E-state index contributed by atoms with van der Waals surface area (Å²) in [6, 6.07) is 3.85. The maximum absolute atomic E-state index is 12.9. The van der Waals surface area contributed by atoms with Gasteiger partial charge in [0.1, 0.15) is 5.75 Å². The second-order valence-corrected chi connectivity index (χ2v) is 9.59. The van der Waals surface area contributed by atoms with Crippen molar-refractivity contribution in [3.8, 4) is 5.75 Å². The van der Waals surface area contributed by atoms with Crippen LogP contribution in [-0.4, -0.2) is 51.8 Å². The van der Waals surface area contributed by atoms with Crippen LogP contribution >= 0.6 is 0 Å². The van der Waals surface area contributed by atoms with Crippen molar-refractivity contribution in [1.82, 2.24) is 10.2 Å². The Morgan fingerprint density at radius 2 is 1.97 bits per heavy atom. The number of nitrogens with two attached hydrogens (primary N) is 1. The molecule has 0 radical (unpaired) electrons. The number of allylic oxidation sites excluding steroid dienone is 4. The molecule has 1 fully saturated rings. The summed E-state index contributed by atoms with van der Waals surface area (Å²) in [5.74, 6) is -0.471. The molecule has 0 aromatic heterocycles. The Bertz CT molecular complexity index is 974. The molecule has 3 unspecified atom stereocenters. The number of benzene rings is 1. The third-order valence-corrected chi connectivity index (χ3v) is 7.49. The Balaban J connectivity index is 0.00000334. The number of amides is 3. The minimum absolute atomic E-state index is 0.0696. The van der Waals surface area contributed by atoms with Crippen LogP contribution in [-0.2, 0) is 10.2 Å². The molecule has 1 saturated heterocycles. The number of imide groups is 1. The van der Waals surface area contributed by atoms with Crippen LogP contribution in [0.1, 0.15) is 77.3 Å². The first-order valence-electron chi connectivity index (χ1n) is 13.3. The van der Waals surface area contributed by atoms with E-state index in [0.29, 0.717) is 25.8 Å². The van der Waals surface area contributed by atoms with Crippen LogP contribution in [0.3, 0.4) is 0 Å². The van der Waals surface area contributed by atoms with Gasteiger partial charge in [0.15, 0.2) is 0 Å². The van der Waals surface area contributed by atoms with Crippen LogP contribution in [0, 0.1) is 6.92 Å². The summed E-state index contributed by atoms with van der Waals surface area (Å²) in [6.45, 7) is 19.0. The fraction of sp³-hybridized carbons (Fsp3) is 0.533. The number of piperidine rings is 1. The van der Waals surface area contributed by atoms with E-state index in [9.17, 15) is 19.8 Å². The topological polar surface area (TPSA) is 116 Å². The van der Waals surface area contributed by atoms with Crippen molar-refractivity contribution in [2.75, 3.05) is 13.1 Å². The van der Waals surface area contributed by atoms with Crippen molar-refractivity contribution in [3.05, 3.63) is 66.3 Å². The maximum Gasteiger partial charge on any atom is 0.318 e. The number of rotatable bonds is 11. The third-order valence-electron chi connectivity index (χ3n) is 7.49. The lowest BCUT2D eigenvalue weighted by molar-refractivity contribution is -0.151. The molecule has 1 heterocycles. The minimum Gasteiger partial charge on any atom is -0.508 e. The predicted octanol–water partition coefficient (Wildman–Crippen LogP) is 5.25. The Kier molecular flexibility index (Phi) is 12.8. The van der Waals surface area contributed by atoms with E-state index >= 15 is 0 Å². The second-order valence-electron chi connectivity index (χ2n) is 9.59. The largest absolute Gasteiger partial charge is 0.508 e. The molecular weight excluding hydrogens is 466 g/mol. The standard InChI is InChI=1S/C28H41N3O4.C2H6/c1-6-10-22(8-3)11-9-16-31-17-15-27(19-25(33)30-26(29)34,28(35,14-7-2)21(31)5)24-18-23(32)13-12-20(24)4;1-2/h6,8,10,12-13,18,21,32,35H,1,3,7,9,11,14-17,19H2,2,4-5H3,(H3,29,30,33,34);1-2H3/b22-10+;. The molecule has 3 amide bonds. The number of likely N-dealkylation sites (tertiary alicyclic amines) is 1. The number of nitrogens with zero attached hydrogens (tertiary/aromatic N) is 1. The number of carbonyl (C=O) groups excluding carboxylic acids is 2. The number of carbonyl (C=O) groups is 2. The van der Waals surface area contributed by atoms with Gasteiger partial charge in [0, 0.05) is 17.9 Å². The van der Waals surface area contributed by atoms with Crippen LogP contribution in [0.25, 0.3) is 0 Å². The van der Waals surface area contributed by atoms with Crippen molar-refractivity contribution < 1.29 is 19.8 Å². The molecule has 7 heteroatoms. The molecule has 1 aliphatic heterocycles. The smallest absolute Gasteiger partial charge is 0.318 e. The zero-order valence-electron chi connectivity index (χ0n) is 23.3. The molecule has 0 aliphatic carbocycles. The summed E-state index contributed by atoms with van der Waals surface area (Å²) in [7, 11) is 0. The normalized spacial score (nSPS) is 23.9. The van der Waals surface area contributed by atoms with Gasteiger partial charge in [-0.25, -0.2) is 4.79 Å². The van der Waals surface area contributed by atoms with Gasteiger partial charge in [0.25, 0.3) is 0 Å². The second kappa shape index (κ2) is 14.7. The van der Waals surface area contributed by atoms with Gasteiger partial charge in [-0.3, -0.25) is 15.0 Å². The first kappa shape index (κ1) is 32.1. The third kappa shape index (κ3) is 7.55. The van der Waals surface area contributed by atoms with Crippen LogP contribution in [0.15, 0.2) is 55.2 Å². The number of phenolic OH excluding ortho intramolecular Hbond substituents is 1. The zero-order chi connectivity index (χ0) is 28.2. The van der Waals surface area contributed by atoms with E-state index < -0.39 is 23.0 Å². The fourth-order valence-corrected chi connectivity index (χ4v) is 5.76. The quantitative estimate of drug-likeness (QED) is 0.302. The van der Waals surface area contributed by atoms with Crippen molar-refractivity contribution in [2.45, 2.75) is 90.2 Å². The summed E-state index contributed by atoms with van der Waals surface area (Å²) in [5, 5.41) is 25.0. The fourth-order valence-electron chi connectivity index (χ4n) is 5.76. The molecule has 2 rings (SSSR count). The van der Waals surface area contributed by atoms with Gasteiger partial charge >= 0.3 is 6.03 Å². The maximum atomic E-state index is 12.9. The molecule has 1 aromatic rings. The molecular formula is C30H47N3O4. The number of hydrogen-bond donors (Lipinski definition) is 4. The molecule has 1 aromatic carbocycles. The number of aliphatic hydroxyl groups is 1. The van der Waals surface area contributed by atoms with Crippen molar-refractivity contribution in [1.29, 1.82) is 0 Å². The lowest BCUT2D eigenvalue weighted by atomic mass is 9.56. The van der Waals surface area contributed by atoms with E-state index in [-0.39, 0.29) is 18.2 Å². The predicted molar refractivity (Wildman–Crippen MR) is 151 cm³/mol. The average Bonchev–Trinajstić information content (AvgIpc) is 2.85. The monoisotopic (exact) mass is 513 g/mol. The van der Waals surface area contributed by atoms with Crippen molar-refractivity contribution in [2.24, 2.45) is 5.73 Å².